The van der Waals surface area contributed by atoms with Gasteiger partial charge in [-0.05, 0) is 77.3 Å². The third-order valence-corrected chi connectivity index (χ3v) is 8.02. The predicted molar refractivity (Wildman–Crippen MR) is 139 cm³/mol. The van der Waals surface area contributed by atoms with Gasteiger partial charge < -0.3 is 9.47 Å². The number of hydrogen-bond donors (Lipinski definition) is 0. The molecule has 1 fully saturated rings. The van der Waals surface area contributed by atoms with E-state index in [4.69, 9.17) is 9.47 Å². The molecular weight excluding hydrogens is 491 g/mol. The summed E-state index contributed by atoms with van der Waals surface area (Å²) in [6.07, 6.45) is 0.0735. The molecule has 2 heterocycles. The Morgan fingerprint density at radius 3 is 2.29 bits per heavy atom. The molecule has 196 valence electrons. The van der Waals surface area contributed by atoms with Crippen LogP contribution in [0.15, 0.2) is 72.8 Å². The average Bonchev–Trinajstić information content (AvgIpc) is 3.24. The summed E-state index contributed by atoms with van der Waals surface area (Å²) < 4.78 is 51.6. The summed E-state index contributed by atoms with van der Waals surface area (Å²) >= 11 is 0. The second-order valence-corrected chi connectivity index (χ2v) is 10.2. The van der Waals surface area contributed by atoms with E-state index >= 15 is 0 Å². The van der Waals surface area contributed by atoms with Crippen molar-refractivity contribution >= 4 is 11.7 Å². The van der Waals surface area contributed by atoms with E-state index in [0.29, 0.717) is 12.0 Å². The highest BCUT2D eigenvalue weighted by molar-refractivity contribution is 5.79. The Balaban J connectivity index is 1.23. The molecule has 1 amide bonds. The van der Waals surface area contributed by atoms with Gasteiger partial charge in [0.1, 0.15) is 12.4 Å². The van der Waals surface area contributed by atoms with E-state index in [0.717, 1.165) is 42.0 Å². The van der Waals surface area contributed by atoms with Crippen LogP contribution < -0.4 is 4.74 Å². The van der Waals surface area contributed by atoms with Gasteiger partial charge in [-0.25, -0.2) is 4.79 Å². The molecule has 0 N–H and O–H groups in total. The zero-order valence-corrected chi connectivity index (χ0v) is 21.0. The number of rotatable bonds is 4. The molecule has 4 nitrogen and oxygen atoms in total. The number of ether oxygens (including phenoxy) is 2. The summed E-state index contributed by atoms with van der Waals surface area (Å²) in [7, 11) is 1.36. The maximum Gasteiger partial charge on any atom is 0.416 e. The maximum absolute atomic E-state index is 13.5. The van der Waals surface area contributed by atoms with Crippen molar-refractivity contribution in [2.45, 2.75) is 49.9 Å². The van der Waals surface area contributed by atoms with E-state index < -0.39 is 11.7 Å². The van der Waals surface area contributed by atoms with E-state index in [2.05, 4.69) is 24.3 Å². The van der Waals surface area contributed by atoms with Crippen molar-refractivity contribution < 1.29 is 27.4 Å². The van der Waals surface area contributed by atoms with Crippen molar-refractivity contribution in [2.75, 3.05) is 13.7 Å². The minimum Gasteiger partial charge on any atom is -0.497 e. The Morgan fingerprint density at radius 2 is 1.66 bits per heavy atom. The number of methoxy groups -OCH3 is 1. The van der Waals surface area contributed by atoms with Gasteiger partial charge in [0.2, 0.25) is 0 Å². The molecule has 0 spiro atoms. The summed E-state index contributed by atoms with van der Waals surface area (Å²) in [5, 5.41) is 0. The number of halogens is 3. The molecule has 3 aromatic rings. The minimum absolute atomic E-state index is 0.0281. The quantitative estimate of drug-likeness (QED) is 0.355. The van der Waals surface area contributed by atoms with Crippen molar-refractivity contribution in [1.82, 2.24) is 4.90 Å². The first kappa shape index (κ1) is 24.6. The third-order valence-electron chi connectivity index (χ3n) is 8.02. The molecule has 3 aliphatic rings. The van der Waals surface area contributed by atoms with Crippen LogP contribution in [0.3, 0.4) is 0 Å². The second-order valence-electron chi connectivity index (χ2n) is 10.2. The van der Waals surface area contributed by atoms with E-state index in [9.17, 15) is 18.0 Å². The number of nitrogens with zero attached hydrogens (tertiary/aromatic N) is 1. The molecule has 2 unspecified atom stereocenters. The van der Waals surface area contributed by atoms with Crippen LogP contribution in [-0.2, 0) is 10.9 Å². The number of alkyl halides is 3. The van der Waals surface area contributed by atoms with Crippen LogP contribution in [-0.4, -0.2) is 36.8 Å². The molecule has 6 rings (SSSR count). The van der Waals surface area contributed by atoms with Gasteiger partial charge in [-0.1, -0.05) is 54.6 Å². The normalized spacial score (nSPS) is 20.4. The highest BCUT2D eigenvalue weighted by Crippen LogP contribution is 2.45. The number of benzene rings is 3. The number of carbonyl (C=O) groups excluding carboxylic acids is 1. The van der Waals surface area contributed by atoms with Crippen LogP contribution in [0.2, 0.25) is 0 Å². The topological polar surface area (TPSA) is 38.8 Å². The molecule has 1 saturated heterocycles. The van der Waals surface area contributed by atoms with Gasteiger partial charge in [0, 0.05) is 12.0 Å². The lowest BCUT2D eigenvalue weighted by Gasteiger charge is -2.44. The highest BCUT2D eigenvalue weighted by atomic mass is 19.4. The molecular formula is C31H28F3NO3. The standard InChI is InChI=1S/C31H28F3NO3/c1-37-24-16-19(13-21(17-24)31(32,33)34)20-14-22-7-6-8-23(15-20)35(22)30(36)38-18-29-27-11-4-2-9-25(27)26-10-3-5-12-28(26)29/h2-5,9-14,16-17,22-23,29H,6-8,15,18H2,1H3. The van der Waals surface area contributed by atoms with Crippen molar-refractivity contribution in [2.24, 2.45) is 0 Å². The summed E-state index contributed by atoms with van der Waals surface area (Å²) in [6.45, 7) is 0.240. The van der Waals surface area contributed by atoms with Gasteiger partial charge in [-0.3, -0.25) is 4.90 Å². The van der Waals surface area contributed by atoms with Crippen LogP contribution >= 0.6 is 0 Å². The predicted octanol–water partition coefficient (Wildman–Crippen LogP) is 7.67. The third kappa shape index (κ3) is 4.34. The molecule has 1 aliphatic carbocycles. The largest absolute Gasteiger partial charge is 0.497 e. The smallest absolute Gasteiger partial charge is 0.416 e. The molecule has 2 aliphatic heterocycles. The first-order chi connectivity index (χ1) is 18.3. The summed E-state index contributed by atoms with van der Waals surface area (Å²) in [4.78, 5) is 15.2. The van der Waals surface area contributed by atoms with E-state index in [1.807, 2.05) is 30.3 Å². The van der Waals surface area contributed by atoms with Crippen LogP contribution in [0.25, 0.3) is 16.7 Å². The summed E-state index contributed by atoms with van der Waals surface area (Å²) in [6, 6.07) is 19.9. The molecule has 2 atom stereocenters. The average molecular weight is 520 g/mol. The monoisotopic (exact) mass is 519 g/mol. The molecule has 0 saturated carbocycles. The molecule has 0 radical (unpaired) electrons. The Kier molecular flexibility index (Phi) is 6.17. The Bertz CT molecular complexity index is 1370. The summed E-state index contributed by atoms with van der Waals surface area (Å²) in [5.74, 6) is 0.138. The van der Waals surface area contributed by atoms with Crippen LogP contribution in [0.5, 0.6) is 5.75 Å². The fourth-order valence-corrected chi connectivity index (χ4v) is 6.26. The van der Waals surface area contributed by atoms with Gasteiger partial charge >= 0.3 is 12.3 Å². The van der Waals surface area contributed by atoms with E-state index in [1.54, 1.807) is 11.0 Å². The zero-order valence-electron chi connectivity index (χ0n) is 21.0. The van der Waals surface area contributed by atoms with Gasteiger partial charge in [0.25, 0.3) is 0 Å². The van der Waals surface area contributed by atoms with Gasteiger partial charge in [0.15, 0.2) is 0 Å². The molecule has 38 heavy (non-hydrogen) atoms. The summed E-state index contributed by atoms with van der Waals surface area (Å²) in [5.41, 5.74) is 5.21. The zero-order chi connectivity index (χ0) is 26.4. The Labute approximate surface area is 219 Å². The lowest BCUT2D eigenvalue weighted by Crippen LogP contribution is -2.51. The Morgan fingerprint density at radius 1 is 0.974 bits per heavy atom. The minimum atomic E-state index is -4.47. The lowest BCUT2D eigenvalue weighted by atomic mass is 9.83. The van der Waals surface area contributed by atoms with Crippen molar-refractivity contribution in [1.29, 1.82) is 0 Å². The molecule has 3 aromatic carbocycles. The number of fused-ring (bicyclic) bond motifs is 5. The number of amides is 1. The molecule has 7 heteroatoms. The van der Waals surface area contributed by atoms with Crippen molar-refractivity contribution in [3.05, 3.63) is 95.1 Å². The Hall–Kier alpha value is -3.74. The van der Waals surface area contributed by atoms with E-state index in [1.165, 1.54) is 24.3 Å². The van der Waals surface area contributed by atoms with Crippen LogP contribution in [0.4, 0.5) is 18.0 Å². The first-order valence-electron chi connectivity index (χ1n) is 12.9. The van der Waals surface area contributed by atoms with Crippen LogP contribution in [0, 0.1) is 0 Å². The number of carbonyl (C=O) groups is 1. The lowest BCUT2D eigenvalue weighted by molar-refractivity contribution is -0.137. The van der Waals surface area contributed by atoms with Crippen molar-refractivity contribution in [3.8, 4) is 16.9 Å². The fourth-order valence-electron chi connectivity index (χ4n) is 6.26. The molecule has 0 aromatic heterocycles. The van der Waals surface area contributed by atoms with Crippen LogP contribution in [0.1, 0.15) is 53.9 Å². The van der Waals surface area contributed by atoms with Gasteiger partial charge in [0.05, 0.1) is 18.7 Å². The second kappa shape index (κ2) is 9.53. The number of hydrogen-bond acceptors (Lipinski definition) is 3. The van der Waals surface area contributed by atoms with Gasteiger partial charge in [-0.2, -0.15) is 13.2 Å². The van der Waals surface area contributed by atoms with Crippen molar-refractivity contribution in [3.63, 3.8) is 0 Å². The SMILES string of the molecule is COc1cc(C2=CC3CCCC(C2)N3C(=O)OCC2c3ccccc3-c3ccccc32)cc(C(F)(F)F)c1. The maximum atomic E-state index is 13.5. The van der Waals surface area contributed by atoms with Gasteiger partial charge in [-0.15, -0.1) is 0 Å². The molecule has 2 bridgehead atoms. The first-order valence-corrected chi connectivity index (χ1v) is 12.9. The fraction of sp³-hybridized carbons (Fsp3) is 0.323. The highest BCUT2D eigenvalue weighted by Gasteiger charge is 2.40. The van der Waals surface area contributed by atoms with E-state index in [-0.39, 0.29) is 36.5 Å². The number of piperidine rings is 1.